The molecule has 0 atom stereocenters. The Kier molecular flexibility index (Phi) is 4.74. The second-order valence-corrected chi connectivity index (χ2v) is 4.36. The number of hydrogen-bond acceptors (Lipinski definition) is 1. The molecule has 0 bridgehead atoms. The maximum atomic E-state index is 8.96. The summed E-state index contributed by atoms with van der Waals surface area (Å²) in [6.07, 6.45) is 18.0. The third kappa shape index (κ3) is 3.86. The van der Waals surface area contributed by atoms with Gasteiger partial charge in [0.2, 0.25) is 0 Å². The van der Waals surface area contributed by atoms with Gasteiger partial charge >= 0.3 is 0 Å². The lowest BCUT2D eigenvalue weighted by Gasteiger charge is -2.02. The third-order valence-electron chi connectivity index (χ3n) is 2.93. The Morgan fingerprint density at radius 2 is 1.61 bits per heavy atom. The van der Waals surface area contributed by atoms with Crippen LogP contribution in [-0.4, -0.2) is 5.11 Å². The van der Waals surface area contributed by atoms with E-state index in [1.807, 2.05) is 36.4 Å². The Labute approximate surface area is 108 Å². The van der Waals surface area contributed by atoms with Gasteiger partial charge in [0.05, 0.1) is 6.61 Å². The molecule has 0 aliphatic heterocycles. The highest BCUT2D eigenvalue weighted by molar-refractivity contribution is 5.49. The topological polar surface area (TPSA) is 20.2 Å². The fourth-order valence-corrected chi connectivity index (χ4v) is 1.86. The molecule has 1 aliphatic carbocycles. The van der Waals surface area contributed by atoms with Gasteiger partial charge in [-0.05, 0) is 23.5 Å². The van der Waals surface area contributed by atoms with Crippen molar-refractivity contribution in [3.63, 3.8) is 0 Å². The second-order valence-electron chi connectivity index (χ2n) is 4.36. The lowest BCUT2D eigenvalue weighted by atomic mass is 10.0. The molecule has 0 unspecified atom stereocenters. The average Bonchev–Trinajstić information content (AvgIpc) is 2.68. The molecule has 1 nitrogen and oxygen atoms in total. The molecule has 1 aliphatic rings. The summed E-state index contributed by atoms with van der Waals surface area (Å²) in [4.78, 5) is 0. The fraction of sp³-hybridized carbons (Fsp3) is 0.176. The molecule has 0 saturated carbocycles. The quantitative estimate of drug-likeness (QED) is 0.844. The van der Waals surface area contributed by atoms with Gasteiger partial charge in [-0.2, -0.15) is 0 Å². The van der Waals surface area contributed by atoms with E-state index in [2.05, 4.69) is 36.5 Å². The van der Waals surface area contributed by atoms with E-state index >= 15 is 0 Å². The van der Waals surface area contributed by atoms with E-state index < -0.39 is 0 Å². The Morgan fingerprint density at radius 3 is 2.22 bits per heavy atom. The first-order chi connectivity index (χ1) is 8.88. The van der Waals surface area contributed by atoms with Gasteiger partial charge in [0.15, 0.2) is 0 Å². The van der Waals surface area contributed by atoms with Crippen LogP contribution in [0.1, 0.15) is 17.5 Å². The SMILES string of the molecule is OCc1ccc(/C=C/CC2C=CC=CC=C2)cc1. The highest BCUT2D eigenvalue weighted by Gasteiger charge is 1.97. The van der Waals surface area contributed by atoms with Crippen molar-refractivity contribution in [1.29, 1.82) is 0 Å². The van der Waals surface area contributed by atoms with Crippen LogP contribution in [0.3, 0.4) is 0 Å². The van der Waals surface area contributed by atoms with Gasteiger partial charge in [-0.25, -0.2) is 0 Å². The Hall–Kier alpha value is -1.86. The standard InChI is InChI=1S/C17H18O/c18-14-17-12-10-16(11-13-17)9-5-8-15-6-3-1-2-4-7-15/h1-7,9-13,15,18H,8,14H2/b9-5+. The van der Waals surface area contributed by atoms with Gasteiger partial charge in [-0.15, -0.1) is 0 Å². The number of hydrogen-bond donors (Lipinski definition) is 1. The van der Waals surface area contributed by atoms with Crippen molar-refractivity contribution in [3.8, 4) is 0 Å². The van der Waals surface area contributed by atoms with Crippen molar-refractivity contribution in [3.05, 3.63) is 77.9 Å². The first kappa shape index (κ1) is 12.6. The Morgan fingerprint density at radius 1 is 0.944 bits per heavy atom. The van der Waals surface area contributed by atoms with Crippen LogP contribution in [0.5, 0.6) is 0 Å². The molecule has 0 aromatic heterocycles. The van der Waals surface area contributed by atoms with Gasteiger partial charge in [-0.3, -0.25) is 0 Å². The molecule has 1 aromatic carbocycles. The molecule has 92 valence electrons. The number of rotatable bonds is 4. The molecule has 2 rings (SSSR count). The van der Waals surface area contributed by atoms with Gasteiger partial charge in [0.1, 0.15) is 0 Å². The fourth-order valence-electron chi connectivity index (χ4n) is 1.86. The second kappa shape index (κ2) is 6.77. The minimum absolute atomic E-state index is 0.106. The summed E-state index contributed by atoms with van der Waals surface area (Å²) in [5, 5.41) is 8.96. The maximum Gasteiger partial charge on any atom is 0.0681 e. The van der Waals surface area contributed by atoms with Gasteiger partial charge in [0, 0.05) is 0 Å². The van der Waals surface area contributed by atoms with Crippen molar-refractivity contribution in [1.82, 2.24) is 0 Å². The average molecular weight is 238 g/mol. The summed E-state index contributed by atoms with van der Waals surface area (Å²) in [6, 6.07) is 7.97. The van der Waals surface area contributed by atoms with E-state index in [0.29, 0.717) is 5.92 Å². The highest BCUT2D eigenvalue weighted by atomic mass is 16.3. The molecule has 0 amide bonds. The summed E-state index contributed by atoms with van der Waals surface area (Å²) in [6.45, 7) is 0.106. The van der Waals surface area contributed by atoms with E-state index in [1.165, 1.54) is 5.56 Å². The van der Waals surface area contributed by atoms with E-state index in [9.17, 15) is 0 Å². The van der Waals surface area contributed by atoms with Gasteiger partial charge in [0.25, 0.3) is 0 Å². The van der Waals surface area contributed by atoms with Crippen LogP contribution in [-0.2, 0) is 6.61 Å². The van der Waals surface area contributed by atoms with E-state index in [1.54, 1.807) is 0 Å². The maximum absolute atomic E-state index is 8.96. The number of aliphatic hydroxyl groups excluding tert-OH is 1. The highest BCUT2D eigenvalue weighted by Crippen LogP contribution is 2.13. The zero-order chi connectivity index (χ0) is 12.6. The molecular weight excluding hydrogens is 220 g/mol. The predicted octanol–water partition coefficient (Wildman–Crippen LogP) is 3.88. The third-order valence-corrected chi connectivity index (χ3v) is 2.93. The summed E-state index contributed by atoms with van der Waals surface area (Å²) < 4.78 is 0. The lowest BCUT2D eigenvalue weighted by Crippen LogP contribution is -1.87. The molecule has 0 fully saturated rings. The van der Waals surface area contributed by atoms with Crippen LogP contribution in [0.2, 0.25) is 0 Å². The summed E-state index contributed by atoms with van der Waals surface area (Å²) >= 11 is 0. The first-order valence-electron chi connectivity index (χ1n) is 6.26. The Bertz CT molecular complexity index is 459. The van der Waals surface area contributed by atoms with Crippen molar-refractivity contribution in [2.75, 3.05) is 0 Å². The minimum atomic E-state index is 0.106. The van der Waals surface area contributed by atoms with Crippen molar-refractivity contribution in [2.24, 2.45) is 5.92 Å². The molecule has 18 heavy (non-hydrogen) atoms. The molecule has 1 N–H and O–H groups in total. The molecular formula is C17H18O. The molecule has 1 heteroatoms. The number of allylic oxidation sites excluding steroid dienone is 7. The Balaban J connectivity index is 1.90. The minimum Gasteiger partial charge on any atom is -0.392 e. The van der Waals surface area contributed by atoms with Crippen molar-refractivity contribution < 1.29 is 5.11 Å². The van der Waals surface area contributed by atoms with Crippen LogP contribution >= 0.6 is 0 Å². The first-order valence-corrected chi connectivity index (χ1v) is 6.26. The van der Waals surface area contributed by atoms with Crippen molar-refractivity contribution in [2.45, 2.75) is 13.0 Å². The van der Waals surface area contributed by atoms with E-state index in [-0.39, 0.29) is 6.61 Å². The molecule has 0 spiro atoms. The smallest absolute Gasteiger partial charge is 0.0681 e. The van der Waals surface area contributed by atoms with Crippen LogP contribution in [0, 0.1) is 5.92 Å². The number of aliphatic hydroxyl groups is 1. The van der Waals surface area contributed by atoms with Crippen LogP contribution in [0.4, 0.5) is 0 Å². The monoisotopic (exact) mass is 238 g/mol. The lowest BCUT2D eigenvalue weighted by molar-refractivity contribution is 0.282. The molecule has 1 aromatic rings. The normalized spacial score (nSPS) is 15.4. The largest absolute Gasteiger partial charge is 0.392 e. The van der Waals surface area contributed by atoms with Crippen LogP contribution < -0.4 is 0 Å². The van der Waals surface area contributed by atoms with Gasteiger partial charge in [-0.1, -0.05) is 72.9 Å². The van der Waals surface area contributed by atoms with E-state index in [4.69, 9.17) is 5.11 Å². The molecule has 0 saturated heterocycles. The van der Waals surface area contributed by atoms with Crippen LogP contribution in [0.25, 0.3) is 6.08 Å². The number of benzene rings is 1. The molecule has 0 heterocycles. The predicted molar refractivity (Wildman–Crippen MR) is 76.9 cm³/mol. The molecule has 0 radical (unpaired) electrons. The van der Waals surface area contributed by atoms with E-state index in [0.717, 1.165) is 12.0 Å². The summed E-state index contributed by atoms with van der Waals surface area (Å²) in [5.74, 6) is 0.480. The summed E-state index contributed by atoms with van der Waals surface area (Å²) in [7, 11) is 0. The van der Waals surface area contributed by atoms with Crippen LogP contribution in [0.15, 0.2) is 66.8 Å². The van der Waals surface area contributed by atoms with Crippen molar-refractivity contribution >= 4 is 6.08 Å². The summed E-state index contributed by atoms with van der Waals surface area (Å²) in [5.41, 5.74) is 2.12. The zero-order valence-electron chi connectivity index (χ0n) is 10.4. The van der Waals surface area contributed by atoms with Gasteiger partial charge < -0.3 is 5.11 Å². The zero-order valence-corrected chi connectivity index (χ0v) is 10.4.